The molecule has 0 heterocycles. The fourth-order valence-corrected chi connectivity index (χ4v) is 4.43. The quantitative estimate of drug-likeness (QED) is 0.739. The number of carbonyl (C=O) groups is 1. The molecule has 1 saturated carbocycles. The smallest absolute Gasteiger partial charge is 0.173 e. The number of fused-ring (bicyclic) bond motifs is 3. The van der Waals surface area contributed by atoms with E-state index in [1.165, 1.54) is 12.0 Å². The third kappa shape index (κ3) is 1.88. The molecule has 0 radical (unpaired) electrons. The van der Waals surface area contributed by atoms with E-state index in [2.05, 4.69) is 40.7 Å². The Hall–Kier alpha value is -1.31. The predicted molar refractivity (Wildman–Crippen MR) is 85.2 cm³/mol. The number of carbonyl (C=O) groups excluding carboxylic acids is 1. The van der Waals surface area contributed by atoms with Crippen LogP contribution in [0.25, 0.3) is 0 Å². The molecule has 1 aromatic rings. The van der Waals surface area contributed by atoms with E-state index < -0.39 is 0 Å². The van der Waals surface area contributed by atoms with Gasteiger partial charge in [-0.25, -0.2) is 0 Å². The molecule has 2 nitrogen and oxygen atoms in total. The van der Waals surface area contributed by atoms with E-state index in [-0.39, 0.29) is 22.4 Å². The molecule has 2 aliphatic rings. The van der Waals surface area contributed by atoms with E-state index in [0.29, 0.717) is 11.5 Å². The number of benzene rings is 1. The van der Waals surface area contributed by atoms with Crippen LogP contribution in [-0.2, 0) is 5.41 Å². The fraction of sp³-hybridized carbons (Fsp3) is 0.632. The van der Waals surface area contributed by atoms with Crippen LogP contribution in [0.15, 0.2) is 6.07 Å². The van der Waals surface area contributed by atoms with Gasteiger partial charge in [-0.15, -0.1) is 0 Å². The van der Waals surface area contributed by atoms with Crippen molar-refractivity contribution in [3.63, 3.8) is 0 Å². The summed E-state index contributed by atoms with van der Waals surface area (Å²) in [6.07, 6.45) is 4.34. The molecule has 0 aromatic heterocycles. The molecule has 0 amide bonds. The standard InChI is InChI=1S/C19H26O2/c1-11-10-13(18(2,3)4)16(20)15-14(11)12-8-6-7-9-19(12,5)17(15)21/h10,12,20H,6-9H2,1-5H3. The van der Waals surface area contributed by atoms with Gasteiger partial charge in [0, 0.05) is 11.0 Å². The number of aryl methyl sites for hydroxylation is 1. The van der Waals surface area contributed by atoms with E-state index in [1.54, 1.807) is 0 Å². The van der Waals surface area contributed by atoms with Gasteiger partial charge in [-0.2, -0.15) is 0 Å². The van der Waals surface area contributed by atoms with Gasteiger partial charge in [0.25, 0.3) is 0 Å². The minimum absolute atomic E-state index is 0.154. The molecule has 0 saturated heterocycles. The van der Waals surface area contributed by atoms with Crippen LogP contribution < -0.4 is 0 Å². The van der Waals surface area contributed by atoms with Crippen LogP contribution in [-0.4, -0.2) is 10.9 Å². The second-order valence-electron chi connectivity index (χ2n) is 8.17. The van der Waals surface area contributed by atoms with Gasteiger partial charge in [-0.05, 0) is 42.2 Å². The molecule has 2 atom stereocenters. The largest absolute Gasteiger partial charge is 0.507 e. The average Bonchev–Trinajstić information content (AvgIpc) is 2.63. The molecule has 21 heavy (non-hydrogen) atoms. The monoisotopic (exact) mass is 286 g/mol. The summed E-state index contributed by atoms with van der Waals surface area (Å²) in [4.78, 5) is 13.0. The van der Waals surface area contributed by atoms with E-state index in [1.807, 2.05) is 0 Å². The van der Waals surface area contributed by atoms with Crippen molar-refractivity contribution in [3.05, 3.63) is 28.3 Å². The van der Waals surface area contributed by atoms with Gasteiger partial charge in [0.1, 0.15) is 5.75 Å². The Labute approximate surface area is 127 Å². The minimum atomic E-state index is -0.292. The molecule has 0 spiro atoms. The highest BCUT2D eigenvalue weighted by Crippen LogP contribution is 2.58. The molecule has 2 aliphatic carbocycles. The number of rotatable bonds is 0. The van der Waals surface area contributed by atoms with Crippen molar-refractivity contribution in [1.82, 2.24) is 0 Å². The Morgan fingerprint density at radius 2 is 1.95 bits per heavy atom. The first-order valence-corrected chi connectivity index (χ1v) is 8.09. The van der Waals surface area contributed by atoms with Crippen LogP contribution in [0, 0.1) is 12.3 Å². The molecule has 1 N–H and O–H groups in total. The number of ketones is 1. The molecule has 0 aliphatic heterocycles. The van der Waals surface area contributed by atoms with Crippen molar-refractivity contribution >= 4 is 5.78 Å². The second-order valence-corrected chi connectivity index (χ2v) is 8.17. The summed E-state index contributed by atoms with van der Waals surface area (Å²) in [5, 5.41) is 10.8. The summed E-state index contributed by atoms with van der Waals surface area (Å²) < 4.78 is 0. The first-order valence-electron chi connectivity index (χ1n) is 8.09. The summed E-state index contributed by atoms with van der Waals surface area (Å²) in [6, 6.07) is 2.10. The Morgan fingerprint density at radius 3 is 2.57 bits per heavy atom. The minimum Gasteiger partial charge on any atom is -0.507 e. The van der Waals surface area contributed by atoms with Crippen LogP contribution in [0.4, 0.5) is 0 Å². The van der Waals surface area contributed by atoms with Crippen molar-refractivity contribution in [1.29, 1.82) is 0 Å². The average molecular weight is 286 g/mol. The SMILES string of the molecule is Cc1cc(C(C)(C)C)c(O)c2c1C1CCCCC1(C)C2=O. The highest BCUT2D eigenvalue weighted by atomic mass is 16.3. The maximum atomic E-state index is 13.0. The molecule has 1 fully saturated rings. The van der Waals surface area contributed by atoms with Crippen LogP contribution in [0.5, 0.6) is 5.75 Å². The number of aromatic hydroxyl groups is 1. The van der Waals surface area contributed by atoms with Gasteiger partial charge in [0.2, 0.25) is 0 Å². The van der Waals surface area contributed by atoms with Crippen LogP contribution in [0.2, 0.25) is 0 Å². The number of Topliss-reactive ketones (excluding diaryl/α,β-unsaturated/α-hetero) is 1. The molecular weight excluding hydrogens is 260 g/mol. The zero-order valence-electron chi connectivity index (χ0n) is 13.8. The molecular formula is C19H26O2. The van der Waals surface area contributed by atoms with Crippen molar-refractivity contribution in [2.75, 3.05) is 0 Å². The van der Waals surface area contributed by atoms with Crippen LogP contribution in [0.1, 0.15) is 86.3 Å². The van der Waals surface area contributed by atoms with Crippen molar-refractivity contribution in [2.45, 2.75) is 71.6 Å². The molecule has 1 aromatic carbocycles. The number of hydrogen-bond donors (Lipinski definition) is 1. The summed E-state index contributed by atoms with van der Waals surface area (Å²) in [6.45, 7) is 10.5. The molecule has 2 unspecified atom stereocenters. The number of phenols is 1. The summed E-state index contributed by atoms with van der Waals surface area (Å²) in [5.74, 6) is 0.714. The van der Waals surface area contributed by atoms with Crippen molar-refractivity contribution < 1.29 is 9.90 Å². The van der Waals surface area contributed by atoms with E-state index in [0.717, 1.165) is 30.4 Å². The lowest BCUT2D eigenvalue weighted by atomic mass is 9.67. The Bertz CT molecular complexity index is 621. The summed E-state index contributed by atoms with van der Waals surface area (Å²) in [5.41, 5.74) is 3.39. The van der Waals surface area contributed by atoms with Gasteiger partial charge < -0.3 is 5.11 Å². The van der Waals surface area contributed by atoms with E-state index in [4.69, 9.17) is 0 Å². The Balaban J connectivity index is 2.28. The maximum absolute atomic E-state index is 13.0. The van der Waals surface area contributed by atoms with Gasteiger partial charge in [-0.3, -0.25) is 4.79 Å². The zero-order chi connectivity index (χ0) is 15.6. The normalized spacial score (nSPS) is 28.4. The maximum Gasteiger partial charge on any atom is 0.173 e. The van der Waals surface area contributed by atoms with Gasteiger partial charge in [0.05, 0.1) is 5.56 Å². The van der Waals surface area contributed by atoms with E-state index in [9.17, 15) is 9.90 Å². The van der Waals surface area contributed by atoms with Crippen molar-refractivity contribution in [2.24, 2.45) is 5.41 Å². The Morgan fingerprint density at radius 1 is 1.29 bits per heavy atom. The lowest BCUT2D eigenvalue weighted by Crippen LogP contribution is -2.31. The predicted octanol–water partition coefficient (Wildman–Crippen LogP) is 4.86. The third-order valence-corrected chi connectivity index (χ3v) is 5.66. The second kappa shape index (κ2) is 4.34. The topological polar surface area (TPSA) is 37.3 Å². The van der Waals surface area contributed by atoms with Gasteiger partial charge in [0.15, 0.2) is 5.78 Å². The first kappa shape index (κ1) is 14.6. The van der Waals surface area contributed by atoms with Crippen LogP contribution >= 0.6 is 0 Å². The lowest BCUT2D eigenvalue weighted by molar-refractivity contribution is 0.0746. The molecule has 114 valence electrons. The Kier molecular flexibility index (Phi) is 3.02. The molecule has 0 bridgehead atoms. The lowest BCUT2D eigenvalue weighted by Gasteiger charge is -2.35. The van der Waals surface area contributed by atoms with Gasteiger partial charge >= 0.3 is 0 Å². The van der Waals surface area contributed by atoms with Gasteiger partial charge in [-0.1, -0.05) is 46.6 Å². The first-order chi connectivity index (χ1) is 9.68. The van der Waals surface area contributed by atoms with Crippen LogP contribution in [0.3, 0.4) is 0 Å². The zero-order valence-corrected chi connectivity index (χ0v) is 13.8. The number of hydrogen-bond acceptors (Lipinski definition) is 2. The molecule has 3 rings (SSSR count). The third-order valence-electron chi connectivity index (χ3n) is 5.66. The van der Waals surface area contributed by atoms with Crippen molar-refractivity contribution in [3.8, 4) is 5.75 Å². The highest BCUT2D eigenvalue weighted by molar-refractivity contribution is 6.08. The number of phenolic OH excluding ortho intramolecular Hbond substituents is 1. The van der Waals surface area contributed by atoms with E-state index >= 15 is 0 Å². The summed E-state index contributed by atoms with van der Waals surface area (Å²) >= 11 is 0. The summed E-state index contributed by atoms with van der Waals surface area (Å²) in [7, 11) is 0. The fourth-order valence-electron chi connectivity index (χ4n) is 4.43. The highest BCUT2D eigenvalue weighted by Gasteiger charge is 2.52. The molecule has 2 heteroatoms.